The lowest BCUT2D eigenvalue weighted by Crippen LogP contribution is -2.37. The fourth-order valence-corrected chi connectivity index (χ4v) is 3.23. The lowest BCUT2D eigenvalue weighted by Gasteiger charge is -2.22. The Morgan fingerprint density at radius 1 is 1.31 bits per heavy atom. The quantitative estimate of drug-likeness (QED) is 0.738. The molecule has 0 radical (unpaired) electrons. The fourth-order valence-electron chi connectivity index (χ4n) is 2.16. The van der Waals surface area contributed by atoms with Gasteiger partial charge in [0.15, 0.2) is 0 Å². The Morgan fingerprint density at radius 2 is 2.04 bits per heavy atom. The van der Waals surface area contributed by atoms with Gasteiger partial charge in [-0.2, -0.15) is 8.42 Å². The summed E-state index contributed by atoms with van der Waals surface area (Å²) in [6.45, 7) is 2.60. The summed E-state index contributed by atoms with van der Waals surface area (Å²) >= 11 is 0. The predicted molar refractivity (Wildman–Crippen MR) is 95.1 cm³/mol. The molecule has 10 heteroatoms. The Bertz CT molecular complexity index is 876. The smallest absolute Gasteiger partial charge is 0.344 e. The molecule has 0 aromatic heterocycles. The second-order valence-electron chi connectivity index (χ2n) is 5.24. The lowest BCUT2D eigenvalue weighted by molar-refractivity contribution is -0.138. The van der Waals surface area contributed by atoms with E-state index in [1.165, 1.54) is 14.0 Å². The first kappa shape index (κ1) is 19.4. The van der Waals surface area contributed by atoms with Crippen LogP contribution >= 0.6 is 0 Å². The molecule has 1 aliphatic rings. The summed E-state index contributed by atoms with van der Waals surface area (Å²) in [4.78, 5) is 24.1. The van der Waals surface area contributed by atoms with Gasteiger partial charge in [0.25, 0.3) is 0 Å². The van der Waals surface area contributed by atoms with Crippen molar-refractivity contribution >= 4 is 33.5 Å². The molecule has 140 valence electrons. The second kappa shape index (κ2) is 8.00. The topological polar surface area (TPSA) is 114 Å². The number of ether oxygens (including phenoxy) is 2. The maximum atomic E-state index is 12.2. The molecule has 0 fully saturated rings. The van der Waals surface area contributed by atoms with E-state index in [-0.39, 0.29) is 17.9 Å². The zero-order chi connectivity index (χ0) is 19.3. The third kappa shape index (κ3) is 4.60. The molecule has 26 heavy (non-hydrogen) atoms. The predicted octanol–water partition coefficient (Wildman–Crippen LogP) is 1.10. The number of carbonyl (C=O) groups excluding carboxylic acids is 2. The number of nitrogens with zero attached hydrogens (tertiary/aromatic N) is 2. The van der Waals surface area contributed by atoms with Gasteiger partial charge < -0.3 is 14.8 Å². The zero-order valence-electron chi connectivity index (χ0n) is 14.6. The number of anilines is 1. The van der Waals surface area contributed by atoms with Crippen molar-refractivity contribution in [3.63, 3.8) is 0 Å². The van der Waals surface area contributed by atoms with Gasteiger partial charge in [-0.05, 0) is 26.0 Å². The van der Waals surface area contributed by atoms with Crippen molar-refractivity contribution in [1.82, 2.24) is 4.31 Å². The zero-order valence-corrected chi connectivity index (χ0v) is 15.4. The Hall–Kier alpha value is -2.88. The molecule has 1 aromatic carbocycles. The van der Waals surface area contributed by atoms with Gasteiger partial charge >= 0.3 is 16.2 Å². The van der Waals surface area contributed by atoms with Crippen molar-refractivity contribution in [3.8, 4) is 5.75 Å². The number of hydrogen-bond acceptors (Lipinski definition) is 6. The largest absolute Gasteiger partial charge is 0.497 e. The number of benzene rings is 1. The van der Waals surface area contributed by atoms with E-state index < -0.39 is 28.6 Å². The number of amides is 1. The summed E-state index contributed by atoms with van der Waals surface area (Å²) in [5.74, 6) is -0.768. The molecule has 0 bridgehead atoms. The number of methoxy groups -OCH3 is 1. The fraction of sp³-hybridized carbons (Fsp3) is 0.312. The molecule has 1 aliphatic heterocycles. The highest BCUT2D eigenvalue weighted by molar-refractivity contribution is 7.88. The molecule has 0 aliphatic carbocycles. The maximum absolute atomic E-state index is 12.2. The summed E-state index contributed by atoms with van der Waals surface area (Å²) in [6.07, 6.45) is 1.06. The van der Waals surface area contributed by atoms with Crippen LogP contribution in [0.3, 0.4) is 0 Å². The second-order valence-corrected chi connectivity index (χ2v) is 6.79. The Labute approximate surface area is 151 Å². The lowest BCUT2D eigenvalue weighted by atomic mass is 10.2. The van der Waals surface area contributed by atoms with Crippen molar-refractivity contribution in [2.75, 3.05) is 25.6 Å². The van der Waals surface area contributed by atoms with E-state index in [0.29, 0.717) is 15.7 Å². The number of hydrogen-bond donors (Lipinski definition) is 1. The van der Waals surface area contributed by atoms with Crippen LogP contribution in [0.15, 0.2) is 40.4 Å². The molecule has 0 saturated heterocycles. The minimum Gasteiger partial charge on any atom is -0.497 e. The van der Waals surface area contributed by atoms with E-state index in [9.17, 15) is 18.0 Å². The molecule has 2 rings (SSSR count). The molecule has 0 atom stereocenters. The highest BCUT2D eigenvalue weighted by Gasteiger charge is 2.30. The molecule has 1 heterocycles. The number of carbonyl (C=O) groups is 2. The van der Waals surface area contributed by atoms with Crippen molar-refractivity contribution in [2.45, 2.75) is 13.8 Å². The van der Waals surface area contributed by atoms with Crippen molar-refractivity contribution in [2.24, 2.45) is 4.40 Å². The van der Waals surface area contributed by atoms with Crippen LogP contribution in [-0.4, -0.2) is 50.6 Å². The van der Waals surface area contributed by atoms with E-state index in [2.05, 4.69) is 9.71 Å². The highest BCUT2D eigenvalue weighted by Crippen LogP contribution is 2.19. The van der Waals surface area contributed by atoms with Crippen LogP contribution in [0.4, 0.5) is 5.69 Å². The van der Waals surface area contributed by atoms with Gasteiger partial charge in [0.2, 0.25) is 5.91 Å². The SMILES string of the molecule is CCOC(=O)C1=CN(CC(=O)Nc2cccc(OC)c2)S(=O)(=O)N=C1C. The molecular weight excluding hydrogens is 362 g/mol. The minimum absolute atomic E-state index is 0.00732. The van der Waals surface area contributed by atoms with E-state index >= 15 is 0 Å². The third-order valence-corrected chi connectivity index (χ3v) is 4.69. The molecule has 0 saturated carbocycles. The average molecular weight is 381 g/mol. The maximum Gasteiger partial charge on any atom is 0.344 e. The summed E-state index contributed by atoms with van der Waals surface area (Å²) in [5.41, 5.74) is 0.432. The highest BCUT2D eigenvalue weighted by atomic mass is 32.2. The van der Waals surface area contributed by atoms with Gasteiger partial charge in [0.05, 0.1) is 25.0 Å². The van der Waals surface area contributed by atoms with Crippen LogP contribution in [0.5, 0.6) is 5.75 Å². The standard InChI is InChI=1S/C16H19N3O6S/c1-4-25-16(21)14-9-19(26(22,23)18-11(14)2)10-15(20)17-12-6-5-7-13(8-12)24-3/h5-9H,4,10H2,1-3H3,(H,17,20). The normalized spacial score (nSPS) is 15.6. The Kier molecular flexibility index (Phi) is 5.98. The van der Waals surface area contributed by atoms with Crippen LogP contribution in [0, 0.1) is 0 Å². The van der Waals surface area contributed by atoms with Crippen molar-refractivity contribution in [1.29, 1.82) is 0 Å². The van der Waals surface area contributed by atoms with Crippen LogP contribution in [0.25, 0.3) is 0 Å². The van der Waals surface area contributed by atoms with Gasteiger partial charge in [-0.15, -0.1) is 4.40 Å². The molecule has 1 N–H and O–H groups in total. The summed E-state index contributed by atoms with van der Waals surface area (Å²) in [6, 6.07) is 6.60. The van der Waals surface area contributed by atoms with Crippen LogP contribution in [0.2, 0.25) is 0 Å². The number of rotatable bonds is 6. The van der Waals surface area contributed by atoms with E-state index in [1.54, 1.807) is 31.2 Å². The van der Waals surface area contributed by atoms with Gasteiger partial charge in [-0.3, -0.25) is 4.79 Å². The first-order valence-corrected chi connectivity index (χ1v) is 9.08. The van der Waals surface area contributed by atoms with Crippen molar-refractivity contribution < 1.29 is 27.5 Å². The number of nitrogens with one attached hydrogen (secondary N) is 1. The molecule has 1 aromatic rings. The van der Waals surface area contributed by atoms with Gasteiger partial charge in [0.1, 0.15) is 12.3 Å². The van der Waals surface area contributed by atoms with E-state index in [4.69, 9.17) is 9.47 Å². The van der Waals surface area contributed by atoms with Crippen LogP contribution in [0.1, 0.15) is 13.8 Å². The first-order valence-electron chi connectivity index (χ1n) is 7.68. The summed E-state index contributed by atoms with van der Waals surface area (Å²) in [7, 11) is -2.61. The van der Waals surface area contributed by atoms with Crippen LogP contribution in [-0.2, 0) is 24.5 Å². The molecular formula is C16H19N3O6S. The molecule has 9 nitrogen and oxygen atoms in total. The minimum atomic E-state index is -4.10. The molecule has 1 amide bonds. The third-order valence-electron chi connectivity index (χ3n) is 3.36. The average Bonchev–Trinajstić information content (AvgIpc) is 2.57. The monoisotopic (exact) mass is 381 g/mol. The van der Waals surface area contributed by atoms with Crippen molar-refractivity contribution in [3.05, 3.63) is 36.0 Å². The van der Waals surface area contributed by atoms with E-state index in [0.717, 1.165) is 6.20 Å². The van der Waals surface area contributed by atoms with Gasteiger partial charge in [-0.25, -0.2) is 9.10 Å². The molecule has 0 unspecified atom stereocenters. The Morgan fingerprint density at radius 3 is 2.69 bits per heavy atom. The Balaban J connectivity index is 2.17. The first-order chi connectivity index (χ1) is 12.3. The van der Waals surface area contributed by atoms with Crippen LogP contribution < -0.4 is 10.1 Å². The molecule has 0 spiro atoms. The van der Waals surface area contributed by atoms with E-state index in [1.807, 2.05) is 0 Å². The number of esters is 1. The summed E-state index contributed by atoms with van der Waals surface area (Å²) < 4.78 is 38.4. The summed E-state index contributed by atoms with van der Waals surface area (Å²) in [5, 5.41) is 2.56. The van der Waals surface area contributed by atoms with Gasteiger partial charge in [0, 0.05) is 18.0 Å². The van der Waals surface area contributed by atoms with Gasteiger partial charge in [-0.1, -0.05) is 6.07 Å².